The Morgan fingerprint density at radius 1 is 0.964 bits per heavy atom. The Labute approximate surface area is 325 Å². The highest BCUT2D eigenvalue weighted by molar-refractivity contribution is 6.33. The number of alkyl halides is 3. The maximum Gasteiger partial charge on any atom is 0.417 e. The highest BCUT2D eigenvalue weighted by Crippen LogP contribution is 2.65. The number of halogens is 5. The highest BCUT2D eigenvalue weighted by atomic mass is 35.5. The molecule has 0 spiro atoms. The number of allylic oxidation sites excluding steroid dienone is 2. The van der Waals surface area contributed by atoms with Crippen LogP contribution in [0, 0.1) is 40.7 Å². The monoisotopic (exact) mass is 805 g/mol. The maximum atomic E-state index is 15.3. The Balaban J connectivity index is 1.30. The SMILES string of the molecule is Cc1cccc(C2C3=CCC4C(=O)N(c5ccc([N+](=O)[O-])cc5)C(=O)C4C3CC3C(=O)N(Nc4ncc(C(F)(F)F)cc4Cl)C(=O)C32c2ccc(Cl)cc2)c1O. The third-order valence-electron chi connectivity index (χ3n) is 11.5. The predicted molar refractivity (Wildman–Crippen MR) is 195 cm³/mol. The Morgan fingerprint density at radius 3 is 2.30 bits per heavy atom. The molecule has 6 atom stereocenters. The summed E-state index contributed by atoms with van der Waals surface area (Å²) in [6.07, 6.45) is -2.57. The molecule has 2 aliphatic heterocycles. The van der Waals surface area contributed by atoms with Gasteiger partial charge in [0, 0.05) is 34.8 Å². The summed E-state index contributed by atoms with van der Waals surface area (Å²) >= 11 is 12.5. The van der Waals surface area contributed by atoms with E-state index in [1.54, 1.807) is 43.3 Å². The van der Waals surface area contributed by atoms with Crippen molar-refractivity contribution in [1.82, 2.24) is 9.99 Å². The number of aryl methyl sites for hydroxylation is 1. The summed E-state index contributed by atoms with van der Waals surface area (Å²) in [6, 6.07) is 16.8. The summed E-state index contributed by atoms with van der Waals surface area (Å²) in [6.45, 7) is 1.66. The van der Waals surface area contributed by atoms with Crippen LogP contribution in [0.25, 0.3) is 0 Å². The van der Waals surface area contributed by atoms with Crippen molar-refractivity contribution in [2.45, 2.75) is 37.3 Å². The standard InChI is InChI=1S/C39H28Cl2F3N5O7/c1-18-3-2-4-26(32(18)50)31-24-13-14-25-30(36(53)47(34(25)51)22-9-11-23(12-10-22)49(55)56)27(24)16-28-35(52)48(37(54)38(28,31)19-5-7-21(40)8-6-19)46-33-29(41)15-20(17-45-33)39(42,43)44/h2-13,15,17,25,27-28,30-31,50H,14,16H2,1H3,(H,45,46). The number of aromatic hydroxyl groups is 1. The van der Waals surface area contributed by atoms with E-state index in [1.807, 2.05) is 0 Å². The molecule has 6 unspecified atom stereocenters. The zero-order chi connectivity index (χ0) is 40.0. The van der Waals surface area contributed by atoms with E-state index in [0.29, 0.717) is 39.0 Å². The number of amides is 4. The zero-order valence-corrected chi connectivity index (χ0v) is 30.5. The minimum Gasteiger partial charge on any atom is -0.507 e. The molecule has 8 rings (SSSR count). The molecular formula is C39H28Cl2F3N5O7. The van der Waals surface area contributed by atoms with E-state index in [2.05, 4.69) is 10.4 Å². The van der Waals surface area contributed by atoms with Crippen LogP contribution in [0.4, 0.5) is 30.4 Å². The number of benzene rings is 3. The van der Waals surface area contributed by atoms with Crippen LogP contribution in [0.15, 0.2) is 90.6 Å². The fourth-order valence-electron chi connectivity index (χ4n) is 9.02. The number of fused-ring (bicyclic) bond motifs is 4. The van der Waals surface area contributed by atoms with E-state index in [9.17, 15) is 42.8 Å². The number of nitro benzene ring substituents is 1. The zero-order valence-electron chi connectivity index (χ0n) is 29.0. The predicted octanol–water partition coefficient (Wildman–Crippen LogP) is 7.52. The lowest BCUT2D eigenvalue weighted by Gasteiger charge is -2.50. The Kier molecular flexibility index (Phi) is 8.73. The van der Waals surface area contributed by atoms with E-state index in [4.69, 9.17) is 23.2 Å². The number of para-hydroxylation sites is 1. The fourth-order valence-corrected chi connectivity index (χ4v) is 9.35. The summed E-state index contributed by atoms with van der Waals surface area (Å²) < 4.78 is 40.4. The number of carbonyl (C=O) groups excluding carboxylic acids is 4. The van der Waals surface area contributed by atoms with Gasteiger partial charge in [-0.2, -0.15) is 18.2 Å². The van der Waals surface area contributed by atoms with Crippen LogP contribution in [-0.4, -0.2) is 43.7 Å². The first kappa shape index (κ1) is 37.1. The molecule has 4 aliphatic rings. The second kappa shape index (κ2) is 13.2. The first-order valence-corrected chi connectivity index (χ1v) is 18.1. The van der Waals surface area contributed by atoms with E-state index in [-0.39, 0.29) is 35.5 Å². The summed E-state index contributed by atoms with van der Waals surface area (Å²) in [5.41, 5.74) is 1.03. The number of rotatable bonds is 6. The molecule has 0 bridgehead atoms. The number of nitrogens with one attached hydrogen (secondary N) is 1. The molecule has 3 heterocycles. The number of hydrogen-bond acceptors (Lipinski definition) is 9. The third-order valence-corrected chi connectivity index (χ3v) is 12.0. The number of anilines is 2. The molecule has 0 radical (unpaired) electrons. The number of non-ortho nitro benzene ring substituents is 1. The number of hydrogen-bond donors (Lipinski definition) is 2. The lowest BCUT2D eigenvalue weighted by molar-refractivity contribution is -0.384. The van der Waals surface area contributed by atoms with E-state index in [1.165, 1.54) is 36.4 Å². The number of aromatic nitrogens is 1. The van der Waals surface area contributed by atoms with Crippen molar-refractivity contribution < 1.29 is 42.4 Å². The largest absolute Gasteiger partial charge is 0.507 e. The number of phenolic OH excluding ortho intramolecular Hbond substituents is 1. The minimum absolute atomic E-state index is 0.0597. The Morgan fingerprint density at radius 2 is 1.66 bits per heavy atom. The number of hydrazine groups is 1. The van der Waals surface area contributed by atoms with Gasteiger partial charge in [-0.3, -0.25) is 39.6 Å². The lowest BCUT2D eigenvalue weighted by atomic mass is 9.49. The van der Waals surface area contributed by atoms with Crippen molar-refractivity contribution in [3.05, 3.63) is 133 Å². The van der Waals surface area contributed by atoms with Crippen molar-refractivity contribution >= 4 is 64.0 Å². The van der Waals surface area contributed by atoms with Gasteiger partial charge in [-0.05, 0) is 67.1 Å². The van der Waals surface area contributed by atoms with Crippen LogP contribution in [-0.2, 0) is 30.8 Å². The van der Waals surface area contributed by atoms with Crippen molar-refractivity contribution in [3.8, 4) is 5.75 Å². The molecule has 56 heavy (non-hydrogen) atoms. The number of pyridine rings is 1. The van der Waals surface area contributed by atoms with Gasteiger partial charge >= 0.3 is 6.18 Å². The van der Waals surface area contributed by atoms with Gasteiger partial charge < -0.3 is 5.11 Å². The Hall–Kier alpha value is -5.80. The van der Waals surface area contributed by atoms with Crippen LogP contribution >= 0.6 is 23.2 Å². The second-order valence-corrected chi connectivity index (χ2v) is 15.1. The number of imide groups is 2. The molecule has 1 saturated carbocycles. The van der Waals surface area contributed by atoms with E-state index < -0.39 is 86.1 Å². The number of phenols is 1. The summed E-state index contributed by atoms with van der Waals surface area (Å²) in [4.78, 5) is 74.0. The highest BCUT2D eigenvalue weighted by Gasteiger charge is 2.70. The number of nitro groups is 1. The first-order chi connectivity index (χ1) is 26.5. The maximum absolute atomic E-state index is 15.3. The molecule has 4 aromatic rings. The quantitative estimate of drug-likeness (QED) is 0.0869. The number of nitrogens with zero attached hydrogens (tertiary/aromatic N) is 4. The van der Waals surface area contributed by atoms with E-state index in [0.717, 1.165) is 4.90 Å². The lowest BCUT2D eigenvalue weighted by Crippen LogP contribution is -2.53. The molecule has 3 fully saturated rings. The molecular weight excluding hydrogens is 778 g/mol. The topological polar surface area (TPSA) is 163 Å². The summed E-state index contributed by atoms with van der Waals surface area (Å²) in [7, 11) is 0. The average molecular weight is 807 g/mol. The van der Waals surface area contributed by atoms with Gasteiger partial charge in [0.05, 0.1) is 44.4 Å². The smallest absolute Gasteiger partial charge is 0.417 e. The molecule has 12 nitrogen and oxygen atoms in total. The van der Waals surface area contributed by atoms with Gasteiger partial charge in [-0.1, -0.05) is 65.2 Å². The van der Waals surface area contributed by atoms with Gasteiger partial charge in [0.2, 0.25) is 11.8 Å². The van der Waals surface area contributed by atoms with Crippen molar-refractivity contribution in [2.24, 2.45) is 23.7 Å². The first-order valence-electron chi connectivity index (χ1n) is 17.3. The second-order valence-electron chi connectivity index (χ2n) is 14.2. The van der Waals surface area contributed by atoms with Gasteiger partial charge in [-0.25, -0.2) is 4.98 Å². The molecule has 286 valence electrons. The molecule has 2 saturated heterocycles. The molecule has 2 N–H and O–H groups in total. The molecule has 2 aliphatic carbocycles. The summed E-state index contributed by atoms with van der Waals surface area (Å²) in [5, 5.41) is 23.5. The van der Waals surface area contributed by atoms with Crippen LogP contribution in [0.3, 0.4) is 0 Å². The molecule has 17 heteroatoms. The molecule has 3 aromatic carbocycles. The van der Waals surface area contributed by atoms with Crippen LogP contribution < -0.4 is 10.3 Å². The molecule has 1 aromatic heterocycles. The van der Waals surface area contributed by atoms with Crippen LogP contribution in [0.1, 0.15) is 41.0 Å². The van der Waals surface area contributed by atoms with Gasteiger partial charge in [0.15, 0.2) is 5.82 Å². The van der Waals surface area contributed by atoms with Gasteiger partial charge in [0.25, 0.3) is 17.5 Å². The van der Waals surface area contributed by atoms with E-state index >= 15 is 4.79 Å². The van der Waals surface area contributed by atoms with Gasteiger partial charge in [-0.15, -0.1) is 0 Å². The average Bonchev–Trinajstić information content (AvgIpc) is 3.54. The summed E-state index contributed by atoms with van der Waals surface area (Å²) in [5.74, 6) is -8.48. The van der Waals surface area contributed by atoms with Crippen LogP contribution in [0.5, 0.6) is 5.75 Å². The minimum atomic E-state index is -4.78. The van der Waals surface area contributed by atoms with Crippen molar-refractivity contribution in [2.75, 3.05) is 10.3 Å². The fraction of sp³-hybridized carbons (Fsp3) is 0.256. The van der Waals surface area contributed by atoms with Crippen molar-refractivity contribution in [3.63, 3.8) is 0 Å². The Bertz CT molecular complexity index is 2410. The van der Waals surface area contributed by atoms with Crippen molar-refractivity contribution in [1.29, 1.82) is 0 Å². The number of carbonyl (C=O) groups is 4. The molecule has 4 amide bonds. The van der Waals surface area contributed by atoms with Crippen LogP contribution in [0.2, 0.25) is 10.0 Å². The normalized spacial score (nSPS) is 25.8. The van der Waals surface area contributed by atoms with Gasteiger partial charge in [0.1, 0.15) is 5.75 Å². The third kappa shape index (κ3) is 5.46.